The Morgan fingerprint density at radius 1 is 1.08 bits per heavy atom. The molecule has 2 aromatic carbocycles. The number of carbonyl (C=O) groups is 3. The van der Waals surface area contributed by atoms with Crippen molar-refractivity contribution >= 4 is 34.6 Å². The third-order valence-corrected chi connectivity index (χ3v) is 7.81. The van der Waals surface area contributed by atoms with Gasteiger partial charge in [-0.2, -0.15) is 0 Å². The molecule has 1 aliphatic heterocycles. The quantitative estimate of drug-likeness (QED) is 0.404. The molecule has 0 aliphatic carbocycles. The Bertz CT molecular complexity index is 1230. The number of carbonyl (C=O) groups excluding carboxylic acids is 3. The van der Waals surface area contributed by atoms with Crippen molar-refractivity contribution in [3.8, 4) is 11.1 Å². The molecule has 3 aromatic rings. The van der Waals surface area contributed by atoms with Gasteiger partial charge in [-0.25, -0.2) is 4.98 Å². The van der Waals surface area contributed by atoms with E-state index >= 15 is 0 Å². The van der Waals surface area contributed by atoms with E-state index in [1.54, 1.807) is 0 Å². The highest BCUT2D eigenvalue weighted by molar-refractivity contribution is 7.10. The molecule has 1 fully saturated rings. The molecule has 0 spiro atoms. The highest BCUT2D eigenvalue weighted by atomic mass is 32.1. The van der Waals surface area contributed by atoms with Crippen molar-refractivity contribution in [1.29, 1.82) is 0 Å². The summed E-state index contributed by atoms with van der Waals surface area (Å²) >= 11 is 1.50. The van der Waals surface area contributed by atoms with Crippen LogP contribution >= 0.6 is 11.3 Å². The molecule has 1 aromatic heterocycles. The van der Waals surface area contributed by atoms with Crippen LogP contribution in [-0.4, -0.2) is 40.6 Å². The number of benzene rings is 2. The van der Waals surface area contributed by atoms with Crippen LogP contribution in [0.4, 0.5) is 5.69 Å². The first kappa shape index (κ1) is 25.8. The monoisotopic (exact) mass is 503 g/mol. The maximum atomic E-state index is 13.0. The van der Waals surface area contributed by atoms with Crippen molar-refractivity contribution in [2.24, 2.45) is 5.92 Å². The number of hydrogen-bond acceptors (Lipinski definition) is 5. The molecule has 2 amide bonds. The number of para-hydroxylation sites is 1. The second-order valence-corrected chi connectivity index (χ2v) is 10.4. The summed E-state index contributed by atoms with van der Waals surface area (Å²) in [6.45, 7) is 7.02. The molecule has 1 saturated heterocycles. The van der Waals surface area contributed by atoms with Gasteiger partial charge in [0.15, 0.2) is 0 Å². The molecule has 36 heavy (non-hydrogen) atoms. The topological polar surface area (TPSA) is 79.4 Å². The van der Waals surface area contributed by atoms with E-state index in [2.05, 4.69) is 41.5 Å². The number of Topliss-reactive ketones (excluding diaryl/α,β-unsaturated/α-hetero) is 1. The Hall–Kier alpha value is -3.32. The van der Waals surface area contributed by atoms with E-state index in [1.165, 1.54) is 16.9 Å². The number of likely N-dealkylation sites (tertiary alicyclic amines) is 1. The smallest absolute Gasteiger partial charge is 0.275 e. The number of nitrogens with one attached hydrogen (secondary N) is 1. The lowest BCUT2D eigenvalue weighted by Crippen LogP contribution is -2.41. The number of aryl methyl sites for hydroxylation is 1. The van der Waals surface area contributed by atoms with Gasteiger partial charge in [0, 0.05) is 54.4 Å². The number of hydrogen-bond donors (Lipinski definition) is 1. The molecule has 6 nitrogen and oxygen atoms in total. The number of rotatable bonds is 8. The molecule has 1 unspecified atom stereocenters. The minimum atomic E-state index is -0.271. The van der Waals surface area contributed by atoms with Gasteiger partial charge in [0.05, 0.1) is 5.01 Å². The lowest BCUT2D eigenvalue weighted by Gasteiger charge is -2.32. The van der Waals surface area contributed by atoms with Gasteiger partial charge >= 0.3 is 0 Å². The third-order valence-electron chi connectivity index (χ3n) is 6.80. The first-order chi connectivity index (χ1) is 17.4. The van der Waals surface area contributed by atoms with Gasteiger partial charge in [0.1, 0.15) is 11.5 Å². The number of thiazole rings is 1. The maximum absolute atomic E-state index is 13.0. The average molecular weight is 504 g/mol. The Morgan fingerprint density at radius 2 is 1.78 bits per heavy atom. The SMILES string of the molecule is CCC(=O)CC(C)C(=O)N1CCC(c2nc(C(=O)Nc3ccccc3-c3ccc(C)cc3)cs2)CC1. The van der Waals surface area contributed by atoms with E-state index in [0.29, 0.717) is 31.6 Å². The molecule has 0 radical (unpaired) electrons. The Labute approximate surface area is 216 Å². The van der Waals surface area contributed by atoms with Crippen LogP contribution in [0.5, 0.6) is 0 Å². The van der Waals surface area contributed by atoms with Crippen LogP contribution in [0.15, 0.2) is 53.9 Å². The molecule has 1 aliphatic rings. The Morgan fingerprint density at radius 3 is 2.47 bits per heavy atom. The van der Waals surface area contributed by atoms with E-state index < -0.39 is 0 Å². The number of amides is 2. The Kier molecular flexibility index (Phi) is 8.31. The molecular weight excluding hydrogens is 470 g/mol. The second kappa shape index (κ2) is 11.6. The summed E-state index contributed by atoms with van der Waals surface area (Å²) in [5.41, 5.74) is 4.37. The van der Waals surface area contributed by atoms with Crippen molar-refractivity contribution in [1.82, 2.24) is 9.88 Å². The van der Waals surface area contributed by atoms with Gasteiger partial charge in [0.2, 0.25) is 5.91 Å². The second-order valence-electron chi connectivity index (χ2n) is 9.53. The summed E-state index contributed by atoms with van der Waals surface area (Å²) in [5.74, 6) is -0.0819. The molecule has 1 N–H and O–H groups in total. The number of nitrogens with zero attached hydrogens (tertiary/aromatic N) is 2. The number of aromatic nitrogens is 1. The highest BCUT2D eigenvalue weighted by Gasteiger charge is 2.29. The fourth-order valence-corrected chi connectivity index (χ4v) is 5.55. The Balaban J connectivity index is 1.37. The van der Waals surface area contributed by atoms with Crippen LogP contribution < -0.4 is 5.32 Å². The minimum absolute atomic E-state index is 0.0571. The highest BCUT2D eigenvalue weighted by Crippen LogP contribution is 2.32. The molecule has 0 bridgehead atoms. The van der Waals surface area contributed by atoms with E-state index in [0.717, 1.165) is 34.7 Å². The van der Waals surface area contributed by atoms with Crippen molar-refractivity contribution in [2.75, 3.05) is 18.4 Å². The van der Waals surface area contributed by atoms with Crippen molar-refractivity contribution < 1.29 is 14.4 Å². The minimum Gasteiger partial charge on any atom is -0.342 e. The third kappa shape index (κ3) is 6.08. The molecule has 4 rings (SSSR count). The van der Waals surface area contributed by atoms with E-state index in [4.69, 9.17) is 0 Å². The summed E-state index contributed by atoms with van der Waals surface area (Å²) in [7, 11) is 0. The van der Waals surface area contributed by atoms with Crippen LogP contribution in [0, 0.1) is 12.8 Å². The van der Waals surface area contributed by atoms with Crippen molar-refractivity contribution in [2.45, 2.75) is 52.4 Å². The summed E-state index contributed by atoms with van der Waals surface area (Å²) in [6, 6.07) is 16.0. The zero-order chi connectivity index (χ0) is 25.7. The van der Waals surface area contributed by atoms with Gasteiger partial charge in [0.25, 0.3) is 5.91 Å². The zero-order valence-electron chi connectivity index (χ0n) is 21.1. The zero-order valence-corrected chi connectivity index (χ0v) is 21.9. The largest absolute Gasteiger partial charge is 0.342 e. The molecular formula is C29H33N3O3S. The van der Waals surface area contributed by atoms with Crippen LogP contribution in [-0.2, 0) is 9.59 Å². The van der Waals surface area contributed by atoms with Gasteiger partial charge in [-0.1, -0.05) is 61.9 Å². The first-order valence-corrected chi connectivity index (χ1v) is 13.5. The number of piperidine rings is 1. The summed E-state index contributed by atoms with van der Waals surface area (Å²) < 4.78 is 0. The van der Waals surface area contributed by atoms with Gasteiger partial charge < -0.3 is 10.2 Å². The molecule has 1 atom stereocenters. The van der Waals surface area contributed by atoms with Gasteiger partial charge in [-0.3, -0.25) is 14.4 Å². The fourth-order valence-electron chi connectivity index (χ4n) is 4.57. The normalized spacial score (nSPS) is 14.9. The van der Waals surface area contributed by atoms with Crippen molar-refractivity contribution in [3.05, 3.63) is 70.2 Å². The fraction of sp³-hybridized carbons (Fsp3) is 0.379. The summed E-state index contributed by atoms with van der Waals surface area (Å²) in [6.07, 6.45) is 2.40. The van der Waals surface area contributed by atoms with E-state index in [1.807, 2.05) is 48.4 Å². The predicted molar refractivity (Wildman–Crippen MR) is 144 cm³/mol. The average Bonchev–Trinajstić information content (AvgIpc) is 3.40. The first-order valence-electron chi connectivity index (χ1n) is 12.6. The van der Waals surface area contributed by atoms with Gasteiger partial charge in [-0.15, -0.1) is 11.3 Å². The van der Waals surface area contributed by atoms with Crippen molar-refractivity contribution in [3.63, 3.8) is 0 Å². The van der Waals surface area contributed by atoms with Gasteiger partial charge in [-0.05, 0) is 31.4 Å². The standard InChI is InChI=1S/C29H33N3O3S/c1-4-23(33)17-20(3)29(35)32-15-13-22(14-16-32)28-31-26(18-36-28)27(34)30-25-8-6-5-7-24(25)21-11-9-19(2)10-12-21/h5-12,18,20,22H,4,13-17H2,1-3H3,(H,30,34). The summed E-state index contributed by atoms with van der Waals surface area (Å²) in [4.78, 5) is 44.0. The van der Waals surface area contributed by atoms with Crippen LogP contribution in [0.3, 0.4) is 0 Å². The molecule has 2 heterocycles. The lowest BCUT2D eigenvalue weighted by atomic mass is 9.95. The van der Waals surface area contributed by atoms with Crippen LogP contribution in [0.1, 0.15) is 66.5 Å². The molecule has 7 heteroatoms. The van der Waals surface area contributed by atoms with E-state index in [-0.39, 0.29) is 29.4 Å². The van der Waals surface area contributed by atoms with E-state index in [9.17, 15) is 14.4 Å². The van der Waals surface area contributed by atoms with Crippen LogP contribution in [0.25, 0.3) is 11.1 Å². The summed E-state index contributed by atoms with van der Waals surface area (Å²) in [5, 5.41) is 5.79. The van der Waals surface area contributed by atoms with Crippen LogP contribution in [0.2, 0.25) is 0 Å². The number of anilines is 1. The maximum Gasteiger partial charge on any atom is 0.275 e. The molecule has 0 saturated carbocycles. The molecule has 188 valence electrons. The lowest BCUT2D eigenvalue weighted by molar-refractivity contribution is -0.138. The number of ketones is 1. The predicted octanol–water partition coefficient (Wildman–Crippen LogP) is 6.08.